The lowest BCUT2D eigenvalue weighted by molar-refractivity contribution is 0.0950. The number of fused-ring (bicyclic) bond motifs is 1. The fourth-order valence-electron chi connectivity index (χ4n) is 4.66. The van der Waals surface area contributed by atoms with E-state index >= 15 is 0 Å². The predicted molar refractivity (Wildman–Crippen MR) is 133 cm³/mol. The molecule has 1 fully saturated rings. The summed E-state index contributed by atoms with van der Waals surface area (Å²) in [5, 5.41) is 11.4. The summed E-state index contributed by atoms with van der Waals surface area (Å²) in [7, 11) is 0. The Morgan fingerprint density at radius 3 is 2.56 bits per heavy atom. The lowest BCUT2D eigenvalue weighted by Crippen LogP contribution is -2.36. The smallest absolute Gasteiger partial charge is 0.251 e. The average molecular weight is 455 g/mol. The molecule has 3 heterocycles. The minimum atomic E-state index is -0.0466. The Hall–Kier alpha value is -3.58. The molecule has 7 heteroatoms. The van der Waals surface area contributed by atoms with Crippen LogP contribution in [0.2, 0.25) is 0 Å². The molecule has 0 saturated carbocycles. The maximum absolute atomic E-state index is 12.6. The molecule has 0 atom stereocenters. The minimum Gasteiger partial charge on any atom is -0.352 e. The topological polar surface area (TPSA) is 75.9 Å². The Kier molecular flexibility index (Phi) is 6.91. The van der Waals surface area contributed by atoms with Gasteiger partial charge in [-0.05, 0) is 93.2 Å². The third-order valence-corrected chi connectivity index (χ3v) is 6.59. The summed E-state index contributed by atoms with van der Waals surface area (Å²) in [5.41, 5.74) is 4.35. The van der Waals surface area contributed by atoms with Crippen LogP contribution in [0.15, 0.2) is 72.9 Å². The standard InChI is InChI=1S/C27H30N6O/c34-27(23-9-11-24(12-10-23)33-26-25(30-31-33)8-4-15-28-26)29-16-5-17-32-18-13-22(14-19-32)20-21-6-2-1-3-7-21/h1-4,6-12,15,22H,5,13-14,16-20H2,(H,29,34). The van der Waals surface area contributed by atoms with Crippen molar-refractivity contribution in [3.8, 4) is 5.69 Å². The average Bonchev–Trinajstić information content (AvgIpc) is 3.32. The lowest BCUT2D eigenvalue weighted by Gasteiger charge is -2.32. The number of aromatic nitrogens is 4. The molecule has 34 heavy (non-hydrogen) atoms. The van der Waals surface area contributed by atoms with Crippen LogP contribution < -0.4 is 5.32 Å². The van der Waals surface area contributed by atoms with Crippen molar-refractivity contribution in [2.75, 3.05) is 26.2 Å². The van der Waals surface area contributed by atoms with Crippen LogP contribution in [0.3, 0.4) is 0 Å². The van der Waals surface area contributed by atoms with Crippen molar-refractivity contribution in [3.05, 3.63) is 84.1 Å². The van der Waals surface area contributed by atoms with Gasteiger partial charge in [0, 0.05) is 18.3 Å². The Morgan fingerprint density at radius 1 is 0.971 bits per heavy atom. The van der Waals surface area contributed by atoms with E-state index in [9.17, 15) is 4.79 Å². The van der Waals surface area contributed by atoms with Crippen LogP contribution in [0.4, 0.5) is 0 Å². The number of likely N-dealkylation sites (tertiary alicyclic amines) is 1. The molecule has 5 rings (SSSR count). The van der Waals surface area contributed by atoms with Crippen molar-refractivity contribution in [1.82, 2.24) is 30.2 Å². The van der Waals surface area contributed by atoms with Crippen molar-refractivity contribution in [1.29, 1.82) is 0 Å². The molecule has 0 unspecified atom stereocenters. The first-order chi connectivity index (χ1) is 16.8. The number of carbonyl (C=O) groups is 1. The van der Waals surface area contributed by atoms with Crippen molar-refractivity contribution in [2.45, 2.75) is 25.7 Å². The van der Waals surface area contributed by atoms with Gasteiger partial charge < -0.3 is 10.2 Å². The van der Waals surface area contributed by atoms with Crippen molar-refractivity contribution in [2.24, 2.45) is 5.92 Å². The van der Waals surface area contributed by atoms with E-state index in [1.54, 1.807) is 10.9 Å². The van der Waals surface area contributed by atoms with Gasteiger partial charge in [0.2, 0.25) is 0 Å². The number of pyridine rings is 1. The highest BCUT2D eigenvalue weighted by Gasteiger charge is 2.19. The third-order valence-electron chi connectivity index (χ3n) is 6.59. The summed E-state index contributed by atoms with van der Waals surface area (Å²) in [5.74, 6) is 0.738. The largest absolute Gasteiger partial charge is 0.352 e. The number of amides is 1. The second-order valence-corrected chi connectivity index (χ2v) is 8.98. The number of nitrogens with one attached hydrogen (secondary N) is 1. The van der Waals surface area contributed by atoms with Crippen LogP contribution >= 0.6 is 0 Å². The number of carbonyl (C=O) groups excluding carboxylic acids is 1. The molecule has 0 aliphatic carbocycles. The molecule has 7 nitrogen and oxygen atoms in total. The fourth-order valence-corrected chi connectivity index (χ4v) is 4.66. The zero-order valence-electron chi connectivity index (χ0n) is 19.3. The van der Waals surface area contributed by atoms with Gasteiger partial charge in [-0.1, -0.05) is 35.5 Å². The predicted octanol–water partition coefficient (Wildman–Crippen LogP) is 3.89. The number of hydrogen-bond acceptors (Lipinski definition) is 5. The van der Waals surface area contributed by atoms with Gasteiger partial charge in [-0.25, -0.2) is 4.98 Å². The Balaban J connectivity index is 1.04. The van der Waals surface area contributed by atoms with Crippen LogP contribution in [0.25, 0.3) is 16.9 Å². The summed E-state index contributed by atoms with van der Waals surface area (Å²) in [4.78, 5) is 19.4. The van der Waals surface area contributed by atoms with Gasteiger partial charge in [-0.3, -0.25) is 4.79 Å². The number of nitrogens with zero attached hydrogens (tertiary/aromatic N) is 5. The van der Waals surface area contributed by atoms with Gasteiger partial charge in [0.1, 0.15) is 5.52 Å². The van der Waals surface area contributed by atoms with Crippen molar-refractivity contribution in [3.63, 3.8) is 0 Å². The third kappa shape index (κ3) is 5.31. The first kappa shape index (κ1) is 22.2. The zero-order chi connectivity index (χ0) is 23.2. The number of benzene rings is 2. The molecule has 4 aromatic rings. The minimum absolute atomic E-state index is 0.0466. The number of piperidine rings is 1. The molecular weight excluding hydrogens is 424 g/mol. The molecular formula is C27H30N6O. The maximum Gasteiger partial charge on any atom is 0.251 e. The molecule has 1 aliphatic heterocycles. The molecule has 0 spiro atoms. The van der Waals surface area contributed by atoms with E-state index < -0.39 is 0 Å². The van der Waals surface area contributed by atoms with E-state index in [0.717, 1.165) is 43.2 Å². The second kappa shape index (κ2) is 10.6. The molecule has 0 radical (unpaired) electrons. The van der Waals surface area contributed by atoms with Crippen LogP contribution in [-0.2, 0) is 6.42 Å². The summed E-state index contributed by atoms with van der Waals surface area (Å²) in [6.45, 7) is 4.02. The fraction of sp³-hybridized carbons (Fsp3) is 0.333. The zero-order valence-corrected chi connectivity index (χ0v) is 19.3. The highest BCUT2D eigenvalue weighted by molar-refractivity contribution is 5.94. The van der Waals surface area contributed by atoms with E-state index in [1.165, 1.54) is 24.8 Å². The quantitative estimate of drug-likeness (QED) is 0.409. The maximum atomic E-state index is 12.6. The first-order valence-corrected chi connectivity index (χ1v) is 12.1. The van der Waals surface area contributed by atoms with Crippen LogP contribution in [0, 0.1) is 5.92 Å². The van der Waals surface area contributed by atoms with Gasteiger partial charge >= 0.3 is 0 Å². The molecule has 174 valence electrons. The van der Waals surface area contributed by atoms with E-state index in [1.807, 2.05) is 36.4 Å². The Labute approximate surface area is 199 Å². The van der Waals surface area contributed by atoms with E-state index in [4.69, 9.17) is 0 Å². The van der Waals surface area contributed by atoms with Crippen LogP contribution in [-0.4, -0.2) is 57.0 Å². The summed E-state index contributed by atoms with van der Waals surface area (Å²) in [6.07, 6.45) is 6.38. The molecule has 1 N–H and O–H groups in total. The van der Waals surface area contributed by atoms with Gasteiger partial charge in [0.25, 0.3) is 5.91 Å². The molecule has 0 bridgehead atoms. The van der Waals surface area contributed by atoms with Gasteiger partial charge in [-0.2, -0.15) is 4.68 Å². The lowest BCUT2D eigenvalue weighted by atomic mass is 9.90. The number of hydrogen-bond donors (Lipinski definition) is 1. The SMILES string of the molecule is O=C(NCCCN1CCC(Cc2ccccc2)CC1)c1ccc(-n2nnc3cccnc32)cc1. The first-order valence-electron chi connectivity index (χ1n) is 12.1. The molecule has 2 aromatic carbocycles. The van der Waals surface area contributed by atoms with Gasteiger partial charge in [0.15, 0.2) is 5.65 Å². The monoisotopic (exact) mass is 454 g/mol. The van der Waals surface area contributed by atoms with Gasteiger partial charge in [0.05, 0.1) is 5.69 Å². The van der Waals surface area contributed by atoms with E-state index in [2.05, 4.69) is 55.8 Å². The Morgan fingerprint density at radius 2 is 1.76 bits per heavy atom. The summed E-state index contributed by atoms with van der Waals surface area (Å²) < 4.78 is 1.68. The summed E-state index contributed by atoms with van der Waals surface area (Å²) in [6, 6.07) is 21.9. The molecule has 1 saturated heterocycles. The second-order valence-electron chi connectivity index (χ2n) is 8.98. The molecule has 2 aromatic heterocycles. The molecule has 1 amide bonds. The molecule has 1 aliphatic rings. The Bertz CT molecular complexity index is 1210. The van der Waals surface area contributed by atoms with Crippen LogP contribution in [0.5, 0.6) is 0 Å². The highest BCUT2D eigenvalue weighted by atomic mass is 16.1. The normalized spacial score (nSPS) is 14.9. The van der Waals surface area contributed by atoms with Crippen LogP contribution in [0.1, 0.15) is 35.2 Å². The van der Waals surface area contributed by atoms with E-state index in [-0.39, 0.29) is 5.91 Å². The summed E-state index contributed by atoms with van der Waals surface area (Å²) >= 11 is 0. The van der Waals surface area contributed by atoms with Crippen molar-refractivity contribution >= 4 is 17.1 Å². The van der Waals surface area contributed by atoms with Crippen molar-refractivity contribution < 1.29 is 4.79 Å². The van der Waals surface area contributed by atoms with E-state index in [0.29, 0.717) is 17.8 Å². The van der Waals surface area contributed by atoms with Gasteiger partial charge in [-0.15, -0.1) is 5.10 Å². The highest BCUT2D eigenvalue weighted by Crippen LogP contribution is 2.21. The number of rotatable bonds is 8.